The van der Waals surface area contributed by atoms with Crippen LogP contribution in [0.4, 0.5) is 10.5 Å². The summed E-state index contributed by atoms with van der Waals surface area (Å²) in [5.41, 5.74) is 0.393. The zero-order valence-corrected chi connectivity index (χ0v) is 14.6. The Bertz CT molecular complexity index is 516. The summed E-state index contributed by atoms with van der Waals surface area (Å²) in [6, 6.07) is 4.55. The Morgan fingerprint density at radius 3 is 2.43 bits per heavy atom. The SMILES string of the molecule is CCC(CC)C(C)NC(=O)Nc1ccc(I)cc1C(=O)O. The van der Waals surface area contributed by atoms with E-state index in [4.69, 9.17) is 0 Å². The van der Waals surface area contributed by atoms with Gasteiger partial charge in [0.1, 0.15) is 0 Å². The highest BCUT2D eigenvalue weighted by molar-refractivity contribution is 14.1. The molecule has 0 aliphatic rings. The van der Waals surface area contributed by atoms with Crippen molar-refractivity contribution in [1.82, 2.24) is 5.32 Å². The average Bonchev–Trinajstić information content (AvgIpc) is 2.41. The highest BCUT2D eigenvalue weighted by Gasteiger charge is 2.17. The Hall–Kier alpha value is -1.31. The Morgan fingerprint density at radius 2 is 1.90 bits per heavy atom. The van der Waals surface area contributed by atoms with Crippen molar-refractivity contribution in [2.24, 2.45) is 5.92 Å². The molecule has 0 saturated carbocycles. The van der Waals surface area contributed by atoms with Crippen LogP contribution in [0, 0.1) is 9.49 Å². The van der Waals surface area contributed by atoms with Crippen LogP contribution in [0.25, 0.3) is 0 Å². The van der Waals surface area contributed by atoms with Gasteiger partial charge >= 0.3 is 12.0 Å². The maximum atomic E-state index is 12.0. The molecule has 116 valence electrons. The number of carbonyl (C=O) groups is 2. The molecule has 0 aromatic heterocycles. The Balaban J connectivity index is 2.77. The molecule has 0 heterocycles. The zero-order chi connectivity index (χ0) is 16.0. The number of hydrogen-bond acceptors (Lipinski definition) is 2. The number of carboxylic acids is 1. The molecule has 1 aromatic rings. The summed E-state index contributed by atoms with van der Waals surface area (Å²) in [4.78, 5) is 23.2. The highest BCUT2D eigenvalue weighted by Crippen LogP contribution is 2.19. The molecule has 1 unspecified atom stereocenters. The summed E-state index contributed by atoms with van der Waals surface area (Å²) in [7, 11) is 0. The largest absolute Gasteiger partial charge is 0.478 e. The van der Waals surface area contributed by atoms with Gasteiger partial charge in [-0.2, -0.15) is 0 Å². The van der Waals surface area contributed by atoms with Gasteiger partial charge in [0, 0.05) is 9.61 Å². The molecule has 1 aromatic carbocycles. The van der Waals surface area contributed by atoms with Crippen LogP contribution in [0.2, 0.25) is 0 Å². The van der Waals surface area contributed by atoms with E-state index in [1.807, 2.05) is 29.5 Å². The minimum absolute atomic E-state index is 0.0390. The summed E-state index contributed by atoms with van der Waals surface area (Å²) in [6.45, 7) is 6.14. The van der Waals surface area contributed by atoms with Crippen molar-refractivity contribution in [3.05, 3.63) is 27.3 Å². The highest BCUT2D eigenvalue weighted by atomic mass is 127. The van der Waals surface area contributed by atoms with Gasteiger partial charge in [-0.15, -0.1) is 0 Å². The Labute approximate surface area is 138 Å². The topological polar surface area (TPSA) is 78.4 Å². The third kappa shape index (κ3) is 5.18. The molecule has 0 fully saturated rings. The minimum atomic E-state index is -1.06. The quantitative estimate of drug-likeness (QED) is 0.629. The third-order valence-corrected chi connectivity index (χ3v) is 4.25. The third-order valence-electron chi connectivity index (χ3n) is 3.57. The van der Waals surface area contributed by atoms with E-state index in [-0.39, 0.29) is 17.6 Å². The number of aromatic carboxylic acids is 1. The van der Waals surface area contributed by atoms with Crippen LogP contribution < -0.4 is 10.6 Å². The van der Waals surface area contributed by atoms with Crippen LogP contribution in [-0.2, 0) is 0 Å². The van der Waals surface area contributed by atoms with Gasteiger partial charge in [0.15, 0.2) is 0 Å². The molecule has 0 radical (unpaired) electrons. The molecular formula is C15H21IN2O3. The van der Waals surface area contributed by atoms with Crippen molar-refractivity contribution in [2.45, 2.75) is 39.7 Å². The van der Waals surface area contributed by atoms with Crippen LogP contribution in [0.3, 0.4) is 0 Å². The van der Waals surface area contributed by atoms with E-state index in [1.165, 1.54) is 6.07 Å². The molecule has 3 N–H and O–H groups in total. The molecule has 0 aliphatic heterocycles. The maximum absolute atomic E-state index is 12.0. The second kappa shape index (κ2) is 8.21. The second-order valence-corrected chi connectivity index (χ2v) is 6.20. The molecular weight excluding hydrogens is 383 g/mol. The van der Waals surface area contributed by atoms with Crippen LogP contribution >= 0.6 is 22.6 Å². The lowest BCUT2D eigenvalue weighted by Gasteiger charge is -2.22. The van der Waals surface area contributed by atoms with Crippen molar-refractivity contribution in [1.29, 1.82) is 0 Å². The number of anilines is 1. The molecule has 21 heavy (non-hydrogen) atoms. The molecule has 6 heteroatoms. The van der Waals surface area contributed by atoms with Gasteiger partial charge in [0.2, 0.25) is 0 Å². The Morgan fingerprint density at radius 1 is 1.29 bits per heavy atom. The van der Waals surface area contributed by atoms with Crippen molar-refractivity contribution in [3.63, 3.8) is 0 Å². The lowest BCUT2D eigenvalue weighted by molar-refractivity contribution is 0.0698. The number of halogens is 1. The number of urea groups is 1. The summed E-state index contributed by atoms with van der Waals surface area (Å²) < 4.78 is 0.807. The zero-order valence-electron chi connectivity index (χ0n) is 12.4. The number of amides is 2. The van der Waals surface area contributed by atoms with E-state index in [0.717, 1.165) is 16.4 Å². The minimum Gasteiger partial charge on any atom is -0.478 e. The first kappa shape index (κ1) is 17.7. The molecule has 5 nitrogen and oxygen atoms in total. The monoisotopic (exact) mass is 404 g/mol. The van der Waals surface area contributed by atoms with Crippen molar-refractivity contribution in [3.8, 4) is 0 Å². The van der Waals surface area contributed by atoms with Gasteiger partial charge in [-0.25, -0.2) is 9.59 Å². The summed E-state index contributed by atoms with van der Waals surface area (Å²) >= 11 is 2.04. The lowest BCUT2D eigenvalue weighted by Crippen LogP contribution is -2.40. The fraction of sp³-hybridized carbons (Fsp3) is 0.467. The molecule has 1 rings (SSSR count). The number of hydrogen-bond donors (Lipinski definition) is 3. The molecule has 0 saturated heterocycles. The summed E-state index contributed by atoms with van der Waals surface area (Å²) in [6.07, 6.45) is 1.98. The maximum Gasteiger partial charge on any atom is 0.337 e. The second-order valence-electron chi connectivity index (χ2n) is 4.96. The first-order valence-corrected chi connectivity index (χ1v) is 8.07. The summed E-state index contributed by atoms with van der Waals surface area (Å²) in [5.74, 6) is -0.650. The average molecular weight is 404 g/mol. The number of benzene rings is 1. The van der Waals surface area contributed by atoms with Gasteiger partial charge in [-0.05, 0) is 53.6 Å². The number of nitrogens with one attached hydrogen (secondary N) is 2. The van der Waals surface area contributed by atoms with Crippen LogP contribution in [-0.4, -0.2) is 23.1 Å². The van der Waals surface area contributed by atoms with Gasteiger partial charge < -0.3 is 15.7 Å². The molecule has 0 spiro atoms. The van der Waals surface area contributed by atoms with Crippen molar-refractivity contribution >= 4 is 40.3 Å². The number of carbonyl (C=O) groups excluding carboxylic acids is 1. The fourth-order valence-electron chi connectivity index (χ4n) is 2.28. The van der Waals surface area contributed by atoms with E-state index in [0.29, 0.717) is 11.6 Å². The first-order valence-electron chi connectivity index (χ1n) is 6.99. The van der Waals surface area contributed by atoms with E-state index >= 15 is 0 Å². The number of carboxylic acid groups (broad SMARTS) is 1. The van der Waals surface area contributed by atoms with Crippen LogP contribution in [0.1, 0.15) is 44.0 Å². The van der Waals surface area contributed by atoms with Gasteiger partial charge in [-0.3, -0.25) is 0 Å². The fourth-order valence-corrected chi connectivity index (χ4v) is 2.77. The van der Waals surface area contributed by atoms with Gasteiger partial charge in [0.05, 0.1) is 11.3 Å². The van der Waals surface area contributed by atoms with Gasteiger partial charge in [-0.1, -0.05) is 26.7 Å². The lowest BCUT2D eigenvalue weighted by atomic mass is 9.96. The van der Waals surface area contributed by atoms with Crippen LogP contribution in [0.15, 0.2) is 18.2 Å². The standard InChI is InChI=1S/C15H21IN2O3/c1-4-10(5-2)9(3)17-15(21)18-13-7-6-11(16)8-12(13)14(19)20/h6-10H,4-5H2,1-3H3,(H,19,20)(H2,17,18,21). The van der Waals surface area contributed by atoms with Gasteiger partial charge in [0.25, 0.3) is 0 Å². The van der Waals surface area contributed by atoms with E-state index in [1.54, 1.807) is 12.1 Å². The van der Waals surface area contributed by atoms with E-state index in [2.05, 4.69) is 24.5 Å². The van der Waals surface area contributed by atoms with E-state index < -0.39 is 5.97 Å². The first-order chi connectivity index (χ1) is 9.88. The molecule has 2 amide bonds. The molecule has 1 atom stereocenters. The molecule has 0 bridgehead atoms. The van der Waals surface area contributed by atoms with E-state index in [9.17, 15) is 14.7 Å². The normalized spacial score (nSPS) is 12.0. The molecule has 0 aliphatic carbocycles. The van der Waals surface area contributed by atoms with Crippen molar-refractivity contribution in [2.75, 3.05) is 5.32 Å². The number of rotatable bonds is 6. The predicted octanol–water partition coefficient (Wildman–Crippen LogP) is 3.94. The smallest absolute Gasteiger partial charge is 0.337 e. The predicted molar refractivity (Wildman–Crippen MR) is 91.8 cm³/mol. The van der Waals surface area contributed by atoms with Crippen molar-refractivity contribution < 1.29 is 14.7 Å². The Kier molecular flexibility index (Phi) is 6.94. The summed E-state index contributed by atoms with van der Waals surface area (Å²) in [5, 5.41) is 14.7. The van der Waals surface area contributed by atoms with Crippen LogP contribution in [0.5, 0.6) is 0 Å².